The largest absolute Gasteiger partial charge is 0.497 e. The van der Waals surface area contributed by atoms with Crippen LogP contribution in [0.1, 0.15) is 5.69 Å². The lowest BCUT2D eigenvalue weighted by molar-refractivity contribution is -0.117. The minimum atomic E-state index is -0.403. The van der Waals surface area contributed by atoms with Crippen LogP contribution in [-0.2, 0) is 11.2 Å². The van der Waals surface area contributed by atoms with Crippen molar-refractivity contribution in [3.63, 3.8) is 0 Å². The van der Waals surface area contributed by atoms with Crippen LogP contribution in [0, 0.1) is 0 Å². The lowest BCUT2D eigenvalue weighted by Crippen LogP contribution is -2.14. The van der Waals surface area contributed by atoms with Gasteiger partial charge >= 0.3 is 0 Å². The number of aromatic nitrogens is 1. The number of ether oxygens (including phenoxy) is 3. The van der Waals surface area contributed by atoms with Crippen molar-refractivity contribution in [1.29, 1.82) is 0 Å². The molecule has 0 aliphatic carbocycles. The van der Waals surface area contributed by atoms with Gasteiger partial charge in [0.2, 0.25) is 5.91 Å². The monoisotopic (exact) mass is 340 g/mol. The fourth-order valence-corrected chi connectivity index (χ4v) is 2.97. The van der Waals surface area contributed by atoms with Crippen LogP contribution in [0.3, 0.4) is 0 Å². The quantitative estimate of drug-likeness (QED) is 0.722. The average molecular weight is 340 g/mol. The van der Waals surface area contributed by atoms with Crippen LogP contribution in [0.4, 0.5) is 0 Å². The van der Waals surface area contributed by atoms with E-state index >= 15 is 0 Å². The summed E-state index contributed by atoms with van der Waals surface area (Å²) in [4.78, 5) is 14.8. The lowest BCUT2D eigenvalue weighted by Gasteiger charge is -2.09. The number of nitrogens with two attached hydrogens (primary N) is 1. The van der Waals surface area contributed by atoms with Crippen LogP contribution in [0.5, 0.6) is 17.2 Å². The zero-order valence-corrected chi connectivity index (χ0v) is 14.4. The molecule has 0 bridgehead atoms. The number of nitrogens with one attached hydrogen (secondary N) is 1. The highest BCUT2D eigenvalue weighted by Crippen LogP contribution is 2.39. The fraction of sp³-hybridized carbons (Fsp3) is 0.211. The van der Waals surface area contributed by atoms with Crippen LogP contribution in [0.15, 0.2) is 36.4 Å². The molecule has 0 unspecified atom stereocenters. The summed E-state index contributed by atoms with van der Waals surface area (Å²) in [5, 5.41) is 0.930. The second-order valence-corrected chi connectivity index (χ2v) is 5.60. The molecule has 25 heavy (non-hydrogen) atoms. The fourth-order valence-electron chi connectivity index (χ4n) is 2.97. The molecule has 0 aliphatic rings. The zero-order valence-electron chi connectivity index (χ0n) is 14.4. The molecule has 0 aliphatic heterocycles. The summed E-state index contributed by atoms with van der Waals surface area (Å²) < 4.78 is 16.0. The first-order chi connectivity index (χ1) is 12.1. The Morgan fingerprint density at radius 3 is 2.20 bits per heavy atom. The van der Waals surface area contributed by atoms with E-state index in [9.17, 15) is 4.79 Å². The minimum absolute atomic E-state index is 0.112. The predicted octanol–water partition coefficient (Wildman–Crippen LogP) is 2.89. The second-order valence-electron chi connectivity index (χ2n) is 5.60. The number of fused-ring (bicyclic) bond motifs is 1. The van der Waals surface area contributed by atoms with Gasteiger partial charge in [-0.25, -0.2) is 0 Å². The normalized spacial score (nSPS) is 10.7. The molecule has 1 amide bonds. The summed E-state index contributed by atoms with van der Waals surface area (Å²) in [7, 11) is 4.80. The van der Waals surface area contributed by atoms with Crippen LogP contribution in [0.2, 0.25) is 0 Å². The summed E-state index contributed by atoms with van der Waals surface area (Å²) in [6.45, 7) is 0. The Labute approximate surface area is 145 Å². The van der Waals surface area contributed by atoms with E-state index in [4.69, 9.17) is 19.9 Å². The number of aromatic amines is 1. The number of rotatable bonds is 6. The van der Waals surface area contributed by atoms with E-state index in [1.54, 1.807) is 21.3 Å². The highest BCUT2D eigenvalue weighted by molar-refractivity contribution is 6.00. The van der Waals surface area contributed by atoms with Gasteiger partial charge in [-0.15, -0.1) is 0 Å². The SMILES string of the molecule is COc1ccc(-c2c(CC(N)=O)[nH]c3cc(OC)c(OC)cc23)cc1. The highest BCUT2D eigenvalue weighted by atomic mass is 16.5. The predicted molar refractivity (Wildman–Crippen MR) is 96.3 cm³/mol. The Kier molecular flexibility index (Phi) is 4.52. The molecule has 0 radical (unpaired) electrons. The maximum atomic E-state index is 11.5. The van der Waals surface area contributed by atoms with Gasteiger partial charge in [-0.3, -0.25) is 4.79 Å². The number of hydrogen-bond donors (Lipinski definition) is 2. The van der Waals surface area contributed by atoms with Gasteiger partial charge in [-0.2, -0.15) is 0 Å². The molecule has 1 aromatic heterocycles. The maximum Gasteiger partial charge on any atom is 0.223 e. The van der Waals surface area contributed by atoms with Crippen molar-refractivity contribution in [3.8, 4) is 28.4 Å². The molecule has 0 atom stereocenters. The first-order valence-corrected chi connectivity index (χ1v) is 7.76. The third-order valence-electron chi connectivity index (χ3n) is 4.11. The topological polar surface area (TPSA) is 86.6 Å². The van der Waals surface area contributed by atoms with Crippen molar-refractivity contribution in [1.82, 2.24) is 4.98 Å². The van der Waals surface area contributed by atoms with E-state index in [0.717, 1.165) is 33.5 Å². The molecular weight excluding hydrogens is 320 g/mol. The highest BCUT2D eigenvalue weighted by Gasteiger charge is 2.18. The van der Waals surface area contributed by atoms with Crippen LogP contribution >= 0.6 is 0 Å². The van der Waals surface area contributed by atoms with Crippen molar-refractivity contribution >= 4 is 16.8 Å². The van der Waals surface area contributed by atoms with E-state index in [2.05, 4.69) is 4.98 Å². The van der Waals surface area contributed by atoms with Gasteiger partial charge in [0.1, 0.15) is 5.75 Å². The molecule has 0 spiro atoms. The minimum Gasteiger partial charge on any atom is -0.497 e. The number of carbonyl (C=O) groups is 1. The number of methoxy groups -OCH3 is 3. The molecule has 0 saturated carbocycles. The molecule has 3 aromatic rings. The molecule has 2 aromatic carbocycles. The summed E-state index contributed by atoms with van der Waals surface area (Å²) >= 11 is 0. The number of carbonyl (C=O) groups excluding carboxylic acids is 1. The Bertz CT molecular complexity index is 913. The third-order valence-corrected chi connectivity index (χ3v) is 4.11. The molecule has 6 nitrogen and oxygen atoms in total. The van der Waals surface area contributed by atoms with Gasteiger partial charge in [-0.05, 0) is 23.8 Å². The Balaban J connectivity index is 2.26. The molecule has 0 fully saturated rings. The van der Waals surface area contributed by atoms with E-state index in [0.29, 0.717) is 11.5 Å². The molecular formula is C19H20N2O4. The van der Waals surface area contributed by atoms with Gasteiger partial charge in [0.25, 0.3) is 0 Å². The Morgan fingerprint density at radius 1 is 1.00 bits per heavy atom. The van der Waals surface area contributed by atoms with Crippen LogP contribution < -0.4 is 19.9 Å². The maximum absolute atomic E-state index is 11.5. The van der Waals surface area contributed by atoms with E-state index < -0.39 is 5.91 Å². The number of amides is 1. The molecule has 3 rings (SSSR count). The lowest BCUT2D eigenvalue weighted by atomic mass is 10.00. The van der Waals surface area contributed by atoms with Crippen molar-refractivity contribution in [3.05, 3.63) is 42.1 Å². The second kappa shape index (κ2) is 6.76. The smallest absolute Gasteiger partial charge is 0.223 e. The van der Waals surface area contributed by atoms with Crippen molar-refractivity contribution in [2.75, 3.05) is 21.3 Å². The zero-order chi connectivity index (χ0) is 18.0. The third kappa shape index (κ3) is 3.10. The molecule has 0 saturated heterocycles. The summed E-state index contributed by atoms with van der Waals surface area (Å²) in [6.07, 6.45) is 0.112. The summed E-state index contributed by atoms with van der Waals surface area (Å²) in [5.74, 6) is 1.59. The number of primary amides is 1. The van der Waals surface area contributed by atoms with Gasteiger partial charge in [0.15, 0.2) is 11.5 Å². The van der Waals surface area contributed by atoms with E-state index in [-0.39, 0.29) is 6.42 Å². The molecule has 3 N–H and O–H groups in total. The first kappa shape index (κ1) is 16.7. The Morgan fingerprint density at radius 2 is 1.64 bits per heavy atom. The van der Waals surface area contributed by atoms with Crippen molar-refractivity contribution in [2.45, 2.75) is 6.42 Å². The van der Waals surface area contributed by atoms with Crippen molar-refractivity contribution in [2.24, 2.45) is 5.73 Å². The molecule has 6 heteroatoms. The molecule has 1 heterocycles. The number of benzene rings is 2. The summed E-state index contributed by atoms with van der Waals surface area (Å²) in [6, 6.07) is 11.4. The van der Waals surface area contributed by atoms with Gasteiger partial charge in [0, 0.05) is 22.7 Å². The van der Waals surface area contributed by atoms with Crippen LogP contribution in [0.25, 0.3) is 22.0 Å². The van der Waals surface area contributed by atoms with Gasteiger partial charge < -0.3 is 24.9 Å². The van der Waals surface area contributed by atoms with E-state index in [1.165, 1.54) is 0 Å². The van der Waals surface area contributed by atoms with Gasteiger partial charge in [-0.1, -0.05) is 12.1 Å². The Hall–Kier alpha value is -3.15. The number of hydrogen-bond acceptors (Lipinski definition) is 4. The summed E-state index contributed by atoms with van der Waals surface area (Å²) in [5.41, 5.74) is 8.89. The first-order valence-electron chi connectivity index (χ1n) is 7.76. The van der Waals surface area contributed by atoms with Crippen molar-refractivity contribution < 1.29 is 19.0 Å². The molecule has 130 valence electrons. The standard InChI is InChI=1S/C19H20N2O4/c1-23-12-6-4-11(5-7-12)19-13-8-16(24-2)17(25-3)9-14(13)21-15(19)10-18(20)22/h4-9,21H,10H2,1-3H3,(H2,20,22). The van der Waals surface area contributed by atoms with Crippen LogP contribution in [-0.4, -0.2) is 32.2 Å². The van der Waals surface area contributed by atoms with Gasteiger partial charge in [0.05, 0.1) is 33.3 Å². The average Bonchev–Trinajstić information content (AvgIpc) is 2.96. The number of H-pyrrole nitrogens is 1. The van der Waals surface area contributed by atoms with E-state index in [1.807, 2.05) is 36.4 Å².